The van der Waals surface area contributed by atoms with E-state index in [1.54, 1.807) is 38.1 Å². The van der Waals surface area contributed by atoms with Crippen molar-refractivity contribution in [2.45, 2.75) is 20.8 Å². The molecule has 0 aliphatic carbocycles. The van der Waals surface area contributed by atoms with E-state index in [2.05, 4.69) is 9.97 Å². The Bertz CT molecular complexity index is 780. The maximum absolute atomic E-state index is 12.2. The number of ether oxygens (including phenoxy) is 1. The van der Waals surface area contributed by atoms with Gasteiger partial charge >= 0.3 is 11.9 Å². The highest BCUT2D eigenvalue weighted by atomic mass is 16.5. The van der Waals surface area contributed by atoms with E-state index in [1.165, 1.54) is 6.08 Å². The molecule has 0 bridgehead atoms. The van der Waals surface area contributed by atoms with Gasteiger partial charge in [-0.1, -0.05) is 12.1 Å². The number of hydrogen-bond donors (Lipinski definition) is 1. The normalized spacial score (nSPS) is 10.7. The summed E-state index contributed by atoms with van der Waals surface area (Å²) in [6, 6.07) is 6.48. The van der Waals surface area contributed by atoms with Gasteiger partial charge in [0.1, 0.15) is 5.75 Å². The Balaban J connectivity index is 2.14. The van der Waals surface area contributed by atoms with Gasteiger partial charge in [-0.05, 0) is 44.5 Å². The highest BCUT2D eigenvalue weighted by Crippen LogP contribution is 2.16. The Morgan fingerprint density at radius 1 is 1.00 bits per heavy atom. The SMILES string of the molecule is Cc1nc(C)c(C(=O)Oc2ccc(/C=C/C(=O)O)cc2)nc1C. The molecule has 0 amide bonds. The molecule has 2 aromatic rings. The van der Waals surface area contributed by atoms with Crippen LogP contribution in [0.4, 0.5) is 0 Å². The zero-order valence-corrected chi connectivity index (χ0v) is 13.0. The molecule has 0 aliphatic rings. The van der Waals surface area contributed by atoms with Gasteiger partial charge in [0.2, 0.25) is 0 Å². The molecule has 0 unspecified atom stereocenters. The molecule has 0 atom stereocenters. The molecule has 0 fully saturated rings. The monoisotopic (exact) mass is 312 g/mol. The first-order valence-corrected chi connectivity index (χ1v) is 6.92. The van der Waals surface area contributed by atoms with Gasteiger partial charge in [0.05, 0.1) is 17.1 Å². The molecule has 0 aliphatic heterocycles. The minimum absolute atomic E-state index is 0.183. The summed E-state index contributed by atoms with van der Waals surface area (Å²) in [5, 5.41) is 8.57. The van der Waals surface area contributed by atoms with Crippen molar-refractivity contribution in [1.82, 2.24) is 9.97 Å². The van der Waals surface area contributed by atoms with E-state index in [9.17, 15) is 9.59 Å². The van der Waals surface area contributed by atoms with Crippen molar-refractivity contribution in [1.29, 1.82) is 0 Å². The number of carboxylic acid groups (broad SMARTS) is 1. The molecule has 0 saturated heterocycles. The Hall–Kier alpha value is -3.02. The minimum Gasteiger partial charge on any atom is -0.478 e. The molecule has 1 aromatic carbocycles. The van der Waals surface area contributed by atoms with Gasteiger partial charge in [-0.25, -0.2) is 14.6 Å². The van der Waals surface area contributed by atoms with E-state index in [0.717, 1.165) is 11.8 Å². The van der Waals surface area contributed by atoms with Gasteiger partial charge in [0, 0.05) is 6.08 Å². The molecule has 1 N–H and O–H groups in total. The Morgan fingerprint density at radius 2 is 1.61 bits per heavy atom. The predicted octanol–water partition coefficient (Wildman–Crippen LogP) is 2.72. The van der Waals surface area contributed by atoms with Crippen LogP contribution in [-0.4, -0.2) is 27.0 Å². The van der Waals surface area contributed by atoms with Gasteiger partial charge in [-0.15, -0.1) is 0 Å². The Morgan fingerprint density at radius 3 is 2.22 bits per heavy atom. The third kappa shape index (κ3) is 4.23. The first kappa shape index (κ1) is 16.4. The van der Waals surface area contributed by atoms with E-state index >= 15 is 0 Å². The van der Waals surface area contributed by atoms with E-state index < -0.39 is 11.9 Å². The van der Waals surface area contributed by atoms with Crippen molar-refractivity contribution in [3.05, 3.63) is 58.7 Å². The lowest BCUT2D eigenvalue weighted by molar-refractivity contribution is -0.131. The zero-order valence-electron chi connectivity index (χ0n) is 13.0. The first-order chi connectivity index (χ1) is 10.9. The van der Waals surface area contributed by atoms with Crippen LogP contribution in [-0.2, 0) is 4.79 Å². The highest BCUT2D eigenvalue weighted by molar-refractivity contribution is 5.90. The van der Waals surface area contributed by atoms with Crippen LogP contribution in [0.25, 0.3) is 6.08 Å². The Kier molecular flexibility index (Phi) is 4.85. The number of nitrogens with zero attached hydrogens (tertiary/aromatic N) is 2. The summed E-state index contributed by atoms with van der Waals surface area (Å²) in [7, 11) is 0. The van der Waals surface area contributed by atoms with Crippen molar-refractivity contribution in [3.8, 4) is 5.75 Å². The van der Waals surface area contributed by atoms with Crippen LogP contribution in [0.15, 0.2) is 30.3 Å². The second-order valence-corrected chi connectivity index (χ2v) is 4.96. The molecule has 0 saturated carbocycles. The lowest BCUT2D eigenvalue weighted by atomic mass is 10.2. The number of aliphatic carboxylic acids is 1. The van der Waals surface area contributed by atoms with Gasteiger partial charge in [-0.2, -0.15) is 0 Å². The zero-order chi connectivity index (χ0) is 17.0. The van der Waals surface area contributed by atoms with Crippen molar-refractivity contribution in [2.75, 3.05) is 0 Å². The number of aryl methyl sites for hydroxylation is 3. The average molecular weight is 312 g/mol. The largest absolute Gasteiger partial charge is 0.478 e. The number of aromatic nitrogens is 2. The Labute approximate surface area is 133 Å². The lowest BCUT2D eigenvalue weighted by Crippen LogP contribution is -2.15. The van der Waals surface area contributed by atoms with E-state index in [4.69, 9.17) is 9.84 Å². The quantitative estimate of drug-likeness (QED) is 0.530. The maximum Gasteiger partial charge on any atom is 0.364 e. The number of esters is 1. The van der Waals surface area contributed by atoms with Crippen LogP contribution in [0, 0.1) is 20.8 Å². The molecular weight excluding hydrogens is 296 g/mol. The second kappa shape index (κ2) is 6.83. The van der Waals surface area contributed by atoms with Crippen molar-refractivity contribution in [3.63, 3.8) is 0 Å². The number of rotatable bonds is 4. The minimum atomic E-state index is -1.02. The molecule has 6 heteroatoms. The molecule has 1 heterocycles. The fraction of sp³-hybridized carbons (Fsp3) is 0.176. The van der Waals surface area contributed by atoms with Gasteiger partial charge < -0.3 is 9.84 Å². The van der Waals surface area contributed by atoms with Crippen molar-refractivity contribution < 1.29 is 19.4 Å². The van der Waals surface area contributed by atoms with Gasteiger partial charge in [-0.3, -0.25) is 4.98 Å². The number of carbonyl (C=O) groups excluding carboxylic acids is 1. The van der Waals surface area contributed by atoms with Crippen LogP contribution in [0.2, 0.25) is 0 Å². The van der Waals surface area contributed by atoms with Crippen molar-refractivity contribution in [2.24, 2.45) is 0 Å². The smallest absolute Gasteiger partial charge is 0.364 e. The van der Waals surface area contributed by atoms with E-state index in [-0.39, 0.29) is 5.69 Å². The van der Waals surface area contributed by atoms with Crippen LogP contribution in [0.3, 0.4) is 0 Å². The number of carboxylic acids is 1. The summed E-state index contributed by atoms with van der Waals surface area (Å²) in [4.78, 5) is 31.1. The first-order valence-electron chi connectivity index (χ1n) is 6.92. The van der Waals surface area contributed by atoms with Crippen molar-refractivity contribution >= 4 is 18.0 Å². The molecule has 0 radical (unpaired) electrons. The summed E-state index contributed by atoms with van der Waals surface area (Å²) in [5.41, 5.74) is 2.83. The average Bonchev–Trinajstić information content (AvgIpc) is 2.50. The number of benzene rings is 1. The standard InChI is InChI=1S/C17H16N2O4/c1-10-11(2)19-16(12(3)18-10)17(22)23-14-7-4-13(5-8-14)6-9-15(20)21/h4-9H,1-3H3,(H,20,21)/b9-6+. The molecule has 23 heavy (non-hydrogen) atoms. The molecule has 6 nitrogen and oxygen atoms in total. The summed E-state index contributed by atoms with van der Waals surface area (Å²) >= 11 is 0. The predicted molar refractivity (Wildman–Crippen MR) is 84.3 cm³/mol. The second-order valence-electron chi connectivity index (χ2n) is 4.96. The number of carbonyl (C=O) groups is 2. The van der Waals surface area contributed by atoms with Gasteiger partial charge in [0.15, 0.2) is 5.69 Å². The topological polar surface area (TPSA) is 89.4 Å². The third-order valence-corrected chi connectivity index (χ3v) is 3.18. The molecule has 118 valence electrons. The molecule has 2 rings (SSSR count). The third-order valence-electron chi connectivity index (χ3n) is 3.18. The van der Waals surface area contributed by atoms with Crippen LogP contribution >= 0.6 is 0 Å². The van der Waals surface area contributed by atoms with Crippen LogP contribution in [0.5, 0.6) is 5.75 Å². The molecular formula is C17H16N2O4. The maximum atomic E-state index is 12.2. The fourth-order valence-electron chi connectivity index (χ4n) is 1.88. The molecule has 1 aromatic heterocycles. The molecule has 0 spiro atoms. The van der Waals surface area contributed by atoms with E-state index in [0.29, 0.717) is 22.7 Å². The highest BCUT2D eigenvalue weighted by Gasteiger charge is 2.16. The summed E-state index contributed by atoms with van der Waals surface area (Å²) in [6.07, 6.45) is 2.49. The summed E-state index contributed by atoms with van der Waals surface area (Å²) in [6.45, 7) is 5.31. The van der Waals surface area contributed by atoms with Gasteiger partial charge in [0.25, 0.3) is 0 Å². The van der Waals surface area contributed by atoms with Crippen LogP contribution < -0.4 is 4.74 Å². The summed E-state index contributed by atoms with van der Waals surface area (Å²) < 4.78 is 5.27. The van der Waals surface area contributed by atoms with E-state index in [1.807, 2.05) is 6.92 Å². The number of hydrogen-bond acceptors (Lipinski definition) is 5. The van der Waals surface area contributed by atoms with Crippen LogP contribution in [0.1, 0.15) is 33.1 Å². The summed E-state index contributed by atoms with van der Waals surface area (Å²) in [5.74, 6) is -1.25. The lowest BCUT2D eigenvalue weighted by Gasteiger charge is -2.08. The fourth-order valence-corrected chi connectivity index (χ4v) is 1.88.